The highest BCUT2D eigenvalue weighted by atomic mass is 16.5. The van der Waals surface area contributed by atoms with Crippen LogP contribution in [0, 0.1) is 0 Å². The molecule has 0 aliphatic carbocycles. The topological polar surface area (TPSA) is 98.2 Å². The first kappa shape index (κ1) is 23.7. The van der Waals surface area contributed by atoms with Crippen LogP contribution in [0.4, 0.5) is 5.69 Å². The van der Waals surface area contributed by atoms with Gasteiger partial charge in [-0.3, -0.25) is 9.59 Å². The number of carbonyl (C=O) groups excluding carboxylic acids is 2. The van der Waals surface area contributed by atoms with Gasteiger partial charge in [-0.2, -0.15) is 5.10 Å². The number of ether oxygens (including phenoxy) is 3. The molecule has 0 aliphatic rings. The second-order valence-corrected chi connectivity index (χ2v) is 6.88. The second kappa shape index (κ2) is 12.2. The molecule has 0 spiro atoms. The summed E-state index contributed by atoms with van der Waals surface area (Å²) in [6, 6.07) is 12.4. The third-order valence-electron chi connectivity index (χ3n) is 3.98. The van der Waals surface area contributed by atoms with E-state index in [0.717, 1.165) is 11.3 Å². The lowest BCUT2D eigenvalue weighted by molar-refractivity contribution is -0.124. The lowest BCUT2D eigenvalue weighted by Gasteiger charge is -2.13. The lowest BCUT2D eigenvalue weighted by atomic mass is 10.2. The van der Waals surface area contributed by atoms with Gasteiger partial charge in [0.05, 0.1) is 26.0 Å². The van der Waals surface area contributed by atoms with Gasteiger partial charge in [-0.15, -0.1) is 0 Å². The van der Waals surface area contributed by atoms with E-state index in [1.54, 1.807) is 49.6 Å². The Labute approximate surface area is 182 Å². The Bertz CT molecular complexity index is 895. The van der Waals surface area contributed by atoms with Crippen LogP contribution in [-0.2, 0) is 9.59 Å². The van der Waals surface area contributed by atoms with Crippen molar-refractivity contribution in [1.82, 2.24) is 5.43 Å². The zero-order chi connectivity index (χ0) is 22.6. The van der Waals surface area contributed by atoms with Crippen LogP contribution in [0.1, 0.15) is 39.2 Å². The van der Waals surface area contributed by atoms with Crippen molar-refractivity contribution >= 4 is 23.7 Å². The molecule has 2 amide bonds. The lowest BCUT2D eigenvalue weighted by Crippen LogP contribution is -2.20. The van der Waals surface area contributed by atoms with E-state index >= 15 is 0 Å². The standard InChI is InChI=1S/C23H29N3O5/c1-5-30-19-9-7-18(8-10-19)25-22(27)12-13-23(28)26-24-15-17-6-11-20(31-16(2)3)21(14-17)29-4/h6-11,14-16H,5,12-13H2,1-4H3,(H,25,27)(H,26,28). The van der Waals surface area contributed by atoms with Gasteiger partial charge in [0.15, 0.2) is 11.5 Å². The quantitative estimate of drug-likeness (QED) is 0.420. The van der Waals surface area contributed by atoms with Crippen molar-refractivity contribution in [1.29, 1.82) is 0 Å². The van der Waals surface area contributed by atoms with Gasteiger partial charge in [0.2, 0.25) is 11.8 Å². The number of methoxy groups -OCH3 is 1. The number of hydrazone groups is 1. The molecule has 2 aromatic carbocycles. The minimum absolute atomic E-state index is 0.0185. The second-order valence-electron chi connectivity index (χ2n) is 6.88. The maximum Gasteiger partial charge on any atom is 0.240 e. The molecule has 8 heteroatoms. The smallest absolute Gasteiger partial charge is 0.240 e. The van der Waals surface area contributed by atoms with E-state index in [1.165, 1.54) is 6.21 Å². The maximum atomic E-state index is 12.0. The molecule has 0 aromatic heterocycles. The third kappa shape index (κ3) is 8.38. The summed E-state index contributed by atoms with van der Waals surface area (Å²) in [6.07, 6.45) is 1.59. The fourth-order valence-electron chi connectivity index (χ4n) is 2.60. The van der Waals surface area contributed by atoms with E-state index in [0.29, 0.717) is 23.8 Å². The number of nitrogens with zero attached hydrogens (tertiary/aromatic N) is 1. The first-order valence-corrected chi connectivity index (χ1v) is 10.1. The highest BCUT2D eigenvalue weighted by Gasteiger charge is 2.08. The molecule has 0 saturated carbocycles. The number of amides is 2. The van der Waals surface area contributed by atoms with E-state index in [9.17, 15) is 9.59 Å². The van der Waals surface area contributed by atoms with E-state index < -0.39 is 0 Å². The molecule has 0 radical (unpaired) electrons. The van der Waals surface area contributed by atoms with Crippen molar-refractivity contribution < 1.29 is 23.8 Å². The third-order valence-corrected chi connectivity index (χ3v) is 3.98. The summed E-state index contributed by atoms with van der Waals surface area (Å²) in [4.78, 5) is 24.0. The molecule has 2 N–H and O–H groups in total. The zero-order valence-electron chi connectivity index (χ0n) is 18.3. The van der Waals surface area contributed by atoms with Crippen molar-refractivity contribution in [3.63, 3.8) is 0 Å². The predicted molar refractivity (Wildman–Crippen MR) is 120 cm³/mol. The van der Waals surface area contributed by atoms with Crippen LogP contribution in [0.3, 0.4) is 0 Å². The van der Waals surface area contributed by atoms with Crippen molar-refractivity contribution in [2.75, 3.05) is 19.0 Å². The minimum Gasteiger partial charge on any atom is -0.494 e. The summed E-state index contributed by atoms with van der Waals surface area (Å²) in [7, 11) is 1.56. The molecular formula is C23H29N3O5. The molecule has 166 valence electrons. The van der Waals surface area contributed by atoms with Gasteiger partial charge in [-0.05, 0) is 68.8 Å². The summed E-state index contributed by atoms with van der Waals surface area (Å²) >= 11 is 0. The zero-order valence-corrected chi connectivity index (χ0v) is 18.3. The summed E-state index contributed by atoms with van der Waals surface area (Å²) < 4.78 is 16.3. The molecule has 0 atom stereocenters. The molecule has 0 saturated heterocycles. The van der Waals surface area contributed by atoms with E-state index in [-0.39, 0.29) is 30.8 Å². The van der Waals surface area contributed by atoms with E-state index in [1.807, 2.05) is 20.8 Å². The molecule has 0 fully saturated rings. The van der Waals surface area contributed by atoms with Gasteiger partial charge in [0.25, 0.3) is 0 Å². The van der Waals surface area contributed by atoms with Crippen LogP contribution in [0.15, 0.2) is 47.6 Å². The summed E-state index contributed by atoms with van der Waals surface area (Å²) in [5.74, 6) is 1.34. The molecular weight excluding hydrogens is 398 g/mol. The predicted octanol–water partition coefficient (Wildman–Crippen LogP) is 3.75. The van der Waals surface area contributed by atoms with Gasteiger partial charge >= 0.3 is 0 Å². The molecule has 8 nitrogen and oxygen atoms in total. The first-order valence-electron chi connectivity index (χ1n) is 10.1. The molecule has 2 aromatic rings. The fraction of sp³-hybridized carbons (Fsp3) is 0.348. The van der Waals surface area contributed by atoms with Gasteiger partial charge in [-0.1, -0.05) is 0 Å². The Hall–Kier alpha value is -3.55. The monoisotopic (exact) mass is 427 g/mol. The number of anilines is 1. The number of hydrogen-bond acceptors (Lipinski definition) is 6. The largest absolute Gasteiger partial charge is 0.494 e. The van der Waals surface area contributed by atoms with Crippen LogP contribution in [0.2, 0.25) is 0 Å². The highest BCUT2D eigenvalue weighted by Crippen LogP contribution is 2.28. The molecule has 0 bridgehead atoms. The van der Waals surface area contributed by atoms with Gasteiger partial charge < -0.3 is 19.5 Å². The average molecular weight is 428 g/mol. The summed E-state index contributed by atoms with van der Waals surface area (Å²) in [6.45, 7) is 6.35. The van der Waals surface area contributed by atoms with Crippen LogP contribution in [0.25, 0.3) is 0 Å². The maximum absolute atomic E-state index is 12.0. The number of hydrogen-bond donors (Lipinski definition) is 2. The van der Waals surface area contributed by atoms with Crippen LogP contribution >= 0.6 is 0 Å². The number of carbonyl (C=O) groups is 2. The first-order chi connectivity index (χ1) is 14.9. The molecule has 0 aliphatic heterocycles. The Balaban J connectivity index is 1.78. The molecule has 0 heterocycles. The van der Waals surface area contributed by atoms with Gasteiger partial charge in [0, 0.05) is 18.5 Å². The normalized spacial score (nSPS) is 10.7. The highest BCUT2D eigenvalue weighted by molar-refractivity contribution is 5.93. The van der Waals surface area contributed by atoms with E-state index in [2.05, 4.69) is 15.8 Å². The molecule has 0 unspecified atom stereocenters. The number of benzene rings is 2. The fourth-order valence-corrected chi connectivity index (χ4v) is 2.60. The van der Waals surface area contributed by atoms with Crippen molar-refractivity contribution in [2.45, 2.75) is 39.7 Å². The van der Waals surface area contributed by atoms with E-state index in [4.69, 9.17) is 14.2 Å². The van der Waals surface area contributed by atoms with Crippen LogP contribution in [-0.4, -0.2) is 37.8 Å². The van der Waals surface area contributed by atoms with Crippen molar-refractivity contribution in [3.8, 4) is 17.2 Å². The SMILES string of the molecule is CCOc1ccc(NC(=O)CCC(=O)NN=Cc2ccc(OC(C)C)c(OC)c2)cc1. The number of rotatable bonds is 11. The van der Waals surface area contributed by atoms with Gasteiger partial charge in [0.1, 0.15) is 5.75 Å². The molecule has 2 rings (SSSR count). The Kier molecular flexibility index (Phi) is 9.35. The van der Waals surface area contributed by atoms with Crippen LogP contribution in [0.5, 0.6) is 17.2 Å². The number of nitrogens with one attached hydrogen (secondary N) is 2. The van der Waals surface area contributed by atoms with Crippen molar-refractivity contribution in [2.24, 2.45) is 5.10 Å². The Morgan fingerprint density at radius 3 is 2.39 bits per heavy atom. The van der Waals surface area contributed by atoms with Crippen molar-refractivity contribution in [3.05, 3.63) is 48.0 Å². The minimum atomic E-state index is -0.357. The molecule has 31 heavy (non-hydrogen) atoms. The van der Waals surface area contributed by atoms with Crippen LogP contribution < -0.4 is 25.0 Å². The average Bonchev–Trinajstić information content (AvgIpc) is 2.74. The van der Waals surface area contributed by atoms with Gasteiger partial charge in [-0.25, -0.2) is 5.43 Å². The Morgan fingerprint density at radius 2 is 1.74 bits per heavy atom. The summed E-state index contributed by atoms with van der Waals surface area (Å²) in [5, 5.41) is 6.67. The summed E-state index contributed by atoms with van der Waals surface area (Å²) in [5.41, 5.74) is 3.80. The Morgan fingerprint density at radius 1 is 1.03 bits per heavy atom.